The predicted octanol–water partition coefficient (Wildman–Crippen LogP) is 4.91. The van der Waals surface area contributed by atoms with Crippen molar-refractivity contribution in [1.82, 2.24) is 4.37 Å². The molecule has 0 atom stereocenters. The Morgan fingerprint density at radius 2 is 1.50 bits per heavy atom. The highest BCUT2D eigenvalue weighted by molar-refractivity contribution is 7.11. The zero-order chi connectivity index (χ0) is 21.8. The summed E-state index contributed by atoms with van der Waals surface area (Å²) in [4.78, 5) is 36.2. The van der Waals surface area contributed by atoms with Gasteiger partial charge >= 0.3 is 17.9 Å². The van der Waals surface area contributed by atoms with E-state index in [4.69, 9.17) is 32.7 Å². The maximum absolute atomic E-state index is 12.5. The second kappa shape index (κ2) is 9.25. The van der Waals surface area contributed by atoms with Crippen molar-refractivity contribution < 1.29 is 28.6 Å². The Bertz CT molecular complexity index is 1130. The van der Waals surface area contributed by atoms with Crippen LogP contribution in [0.5, 0.6) is 5.75 Å². The Kier molecular flexibility index (Phi) is 6.71. The van der Waals surface area contributed by atoms with Gasteiger partial charge in [0.15, 0.2) is 5.69 Å². The average molecular weight is 466 g/mol. The van der Waals surface area contributed by atoms with Gasteiger partial charge in [0.1, 0.15) is 20.7 Å². The van der Waals surface area contributed by atoms with E-state index in [1.807, 2.05) is 0 Å². The normalized spacial score (nSPS) is 10.4. The third-order valence-corrected chi connectivity index (χ3v) is 5.63. The summed E-state index contributed by atoms with van der Waals surface area (Å²) in [6.45, 7) is 0. The van der Waals surface area contributed by atoms with E-state index in [2.05, 4.69) is 9.11 Å². The molecule has 30 heavy (non-hydrogen) atoms. The molecule has 1 aromatic heterocycles. The number of rotatable bonds is 5. The zero-order valence-electron chi connectivity index (χ0n) is 15.6. The smallest absolute Gasteiger partial charge is 0.365 e. The lowest BCUT2D eigenvalue weighted by molar-refractivity contribution is 0.0585. The molecule has 0 radical (unpaired) electrons. The number of benzene rings is 2. The highest BCUT2D eigenvalue weighted by Crippen LogP contribution is 2.32. The molecular formula is C20H13Cl2NO6S. The summed E-state index contributed by atoms with van der Waals surface area (Å²) < 4.78 is 18.8. The number of hydrogen-bond donors (Lipinski definition) is 0. The monoisotopic (exact) mass is 465 g/mol. The maximum Gasteiger partial charge on any atom is 0.365 e. The zero-order valence-corrected chi connectivity index (χ0v) is 17.9. The molecule has 0 saturated carbocycles. The number of carbonyl (C=O) groups excluding carboxylic acids is 3. The molecule has 0 spiro atoms. The standard InChI is InChI=1S/C20H13Cl2NO6S/c1-27-18(24)11-5-3-10(4-6-11)12-7-8-13(19(25)28-2)14(9-12)29-20(26)16-15(21)17(22)30-23-16/h3-9H,1-2H3. The first kappa shape index (κ1) is 21.8. The lowest BCUT2D eigenvalue weighted by Gasteiger charge is -2.11. The van der Waals surface area contributed by atoms with Crippen LogP contribution >= 0.6 is 34.7 Å². The molecular weight excluding hydrogens is 453 g/mol. The van der Waals surface area contributed by atoms with Crippen molar-refractivity contribution in [3.05, 3.63) is 68.6 Å². The van der Waals surface area contributed by atoms with E-state index in [1.54, 1.807) is 30.3 Å². The minimum Gasteiger partial charge on any atom is -0.465 e. The Balaban J connectivity index is 1.98. The predicted molar refractivity (Wildman–Crippen MR) is 112 cm³/mol. The number of halogens is 2. The van der Waals surface area contributed by atoms with Crippen LogP contribution in [0.4, 0.5) is 0 Å². The number of nitrogens with zero attached hydrogens (tertiary/aromatic N) is 1. The Hall–Kier alpha value is -2.94. The van der Waals surface area contributed by atoms with Crippen molar-refractivity contribution in [3.63, 3.8) is 0 Å². The number of hydrogen-bond acceptors (Lipinski definition) is 8. The number of carbonyl (C=O) groups is 3. The molecule has 1 heterocycles. The van der Waals surface area contributed by atoms with Gasteiger partial charge in [-0.3, -0.25) is 0 Å². The van der Waals surface area contributed by atoms with Crippen LogP contribution in [0.3, 0.4) is 0 Å². The molecule has 2 aromatic carbocycles. The van der Waals surface area contributed by atoms with Gasteiger partial charge in [-0.2, -0.15) is 4.37 Å². The van der Waals surface area contributed by atoms with E-state index in [0.717, 1.165) is 11.5 Å². The number of ether oxygens (including phenoxy) is 3. The van der Waals surface area contributed by atoms with E-state index in [0.29, 0.717) is 16.7 Å². The molecule has 10 heteroatoms. The Morgan fingerprint density at radius 3 is 2.07 bits per heavy atom. The largest absolute Gasteiger partial charge is 0.465 e. The highest BCUT2D eigenvalue weighted by atomic mass is 35.5. The highest BCUT2D eigenvalue weighted by Gasteiger charge is 2.23. The molecule has 0 aliphatic carbocycles. The summed E-state index contributed by atoms with van der Waals surface area (Å²) in [5.74, 6) is -2.06. The van der Waals surface area contributed by atoms with Crippen LogP contribution in [-0.4, -0.2) is 36.5 Å². The van der Waals surface area contributed by atoms with Gasteiger partial charge in [0.05, 0.1) is 19.8 Å². The van der Waals surface area contributed by atoms with Gasteiger partial charge in [0.25, 0.3) is 0 Å². The molecule has 0 aliphatic rings. The van der Waals surface area contributed by atoms with Crippen molar-refractivity contribution >= 4 is 52.6 Å². The van der Waals surface area contributed by atoms with Crippen LogP contribution in [0, 0.1) is 0 Å². The maximum atomic E-state index is 12.5. The second-order valence-electron chi connectivity index (χ2n) is 5.78. The van der Waals surface area contributed by atoms with Crippen LogP contribution in [0.2, 0.25) is 9.36 Å². The molecule has 0 saturated heterocycles. The van der Waals surface area contributed by atoms with Crippen LogP contribution in [0.25, 0.3) is 11.1 Å². The average Bonchev–Trinajstić information content (AvgIpc) is 3.11. The van der Waals surface area contributed by atoms with E-state index >= 15 is 0 Å². The number of methoxy groups -OCH3 is 2. The lowest BCUT2D eigenvalue weighted by atomic mass is 10.0. The van der Waals surface area contributed by atoms with Gasteiger partial charge in [-0.1, -0.05) is 41.4 Å². The molecule has 3 aromatic rings. The summed E-state index contributed by atoms with van der Waals surface area (Å²) in [5.41, 5.74) is 1.61. The second-order valence-corrected chi connectivity index (χ2v) is 7.53. The van der Waals surface area contributed by atoms with E-state index in [-0.39, 0.29) is 26.4 Å². The molecule has 0 fully saturated rings. The topological polar surface area (TPSA) is 91.8 Å². The van der Waals surface area contributed by atoms with Crippen molar-refractivity contribution in [2.45, 2.75) is 0 Å². The van der Waals surface area contributed by atoms with Crippen molar-refractivity contribution in [1.29, 1.82) is 0 Å². The number of aromatic nitrogens is 1. The summed E-state index contributed by atoms with van der Waals surface area (Å²) in [5, 5.41) is -0.0270. The minimum atomic E-state index is -0.869. The first-order chi connectivity index (χ1) is 14.3. The first-order valence-corrected chi connectivity index (χ1v) is 9.82. The van der Waals surface area contributed by atoms with Gasteiger partial charge < -0.3 is 14.2 Å². The summed E-state index contributed by atoms with van der Waals surface area (Å²) in [6, 6.07) is 11.2. The fraction of sp³-hybridized carbons (Fsp3) is 0.100. The molecule has 154 valence electrons. The molecule has 0 aliphatic heterocycles. The van der Waals surface area contributed by atoms with Gasteiger partial charge in [-0.25, -0.2) is 14.4 Å². The molecule has 3 rings (SSSR count). The lowest BCUT2D eigenvalue weighted by Crippen LogP contribution is -2.13. The summed E-state index contributed by atoms with van der Waals surface area (Å²) in [7, 11) is 2.51. The first-order valence-electron chi connectivity index (χ1n) is 8.29. The van der Waals surface area contributed by atoms with E-state index < -0.39 is 17.9 Å². The molecule has 7 nitrogen and oxygen atoms in total. The quantitative estimate of drug-likeness (QED) is 0.390. The van der Waals surface area contributed by atoms with Crippen molar-refractivity contribution in [2.75, 3.05) is 14.2 Å². The van der Waals surface area contributed by atoms with Crippen molar-refractivity contribution in [2.24, 2.45) is 0 Å². The fourth-order valence-electron chi connectivity index (χ4n) is 2.52. The Labute approximate surface area is 185 Å². The van der Waals surface area contributed by atoms with Crippen LogP contribution in [0.1, 0.15) is 31.2 Å². The van der Waals surface area contributed by atoms with Crippen LogP contribution < -0.4 is 4.74 Å². The third kappa shape index (κ3) is 4.46. The van der Waals surface area contributed by atoms with Crippen molar-refractivity contribution in [3.8, 4) is 16.9 Å². The third-order valence-electron chi connectivity index (χ3n) is 4.02. The summed E-state index contributed by atoms with van der Waals surface area (Å²) >= 11 is 12.6. The van der Waals surface area contributed by atoms with Crippen LogP contribution in [0.15, 0.2) is 42.5 Å². The molecule has 0 unspecified atom stereocenters. The van der Waals surface area contributed by atoms with Gasteiger partial charge in [0.2, 0.25) is 0 Å². The number of esters is 3. The van der Waals surface area contributed by atoms with Gasteiger partial charge in [-0.15, -0.1) is 0 Å². The minimum absolute atomic E-state index is 0.0270. The van der Waals surface area contributed by atoms with Crippen LogP contribution in [-0.2, 0) is 9.47 Å². The molecule has 0 amide bonds. The van der Waals surface area contributed by atoms with Gasteiger partial charge in [0, 0.05) is 0 Å². The fourth-order valence-corrected chi connectivity index (χ4v) is 3.50. The molecule has 0 bridgehead atoms. The molecule has 0 N–H and O–H groups in total. The van der Waals surface area contributed by atoms with E-state index in [9.17, 15) is 14.4 Å². The van der Waals surface area contributed by atoms with E-state index in [1.165, 1.54) is 26.4 Å². The summed E-state index contributed by atoms with van der Waals surface area (Å²) in [6.07, 6.45) is 0. The SMILES string of the molecule is COC(=O)c1ccc(-c2ccc(C(=O)OC)c(OC(=O)c3nsc(Cl)c3Cl)c2)cc1. The Morgan fingerprint density at radius 1 is 0.867 bits per heavy atom. The van der Waals surface area contributed by atoms with Gasteiger partial charge in [-0.05, 0) is 46.9 Å².